The third kappa shape index (κ3) is 6.42. The Morgan fingerprint density at radius 2 is 1.89 bits per heavy atom. The van der Waals surface area contributed by atoms with Gasteiger partial charge in [0.25, 0.3) is 0 Å². The van der Waals surface area contributed by atoms with Crippen molar-refractivity contribution in [2.24, 2.45) is 17.8 Å². The van der Waals surface area contributed by atoms with Gasteiger partial charge in [-0.2, -0.15) is 0 Å². The molecule has 0 aromatic heterocycles. The summed E-state index contributed by atoms with van der Waals surface area (Å²) in [7, 11) is 0. The topological polar surface area (TPSA) is 49.3 Å². The maximum atomic E-state index is 11.2. The SMILES string of the molecule is CCCC1CCC(NCC(CC(C)C)C(=O)O)CC1. The maximum Gasteiger partial charge on any atom is 0.307 e. The van der Waals surface area contributed by atoms with Crippen molar-refractivity contribution in [3.63, 3.8) is 0 Å². The zero-order chi connectivity index (χ0) is 14.3. The minimum atomic E-state index is -0.652. The lowest BCUT2D eigenvalue weighted by Gasteiger charge is -2.30. The molecule has 2 N–H and O–H groups in total. The summed E-state index contributed by atoms with van der Waals surface area (Å²) < 4.78 is 0. The first kappa shape index (κ1) is 16.5. The van der Waals surface area contributed by atoms with Gasteiger partial charge in [0.15, 0.2) is 0 Å². The molecule has 1 fully saturated rings. The van der Waals surface area contributed by atoms with Crippen LogP contribution >= 0.6 is 0 Å². The van der Waals surface area contributed by atoms with Gasteiger partial charge in [-0.15, -0.1) is 0 Å². The minimum absolute atomic E-state index is 0.228. The highest BCUT2D eigenvalue weighted by molar-refractivity contribution is 5.70. The van der Waals surface area contributed by atoms with Crippen molar-refractivity contribution >= 4 is 5.97 Å². The maximum absolute atomic E-state index is 11.2. The molecule has 1 aliphatic rings. The molecule has 19 heavy (non-hydrogen) atoms. The molecular formula is C16H31NO2. The van der Waals surface area contributed by atoms with E-state index in [9.17, 15) is 9.90 Å². The van der Waals surface area contributed by atoms with Crippen molar-refractivity contribution in [3.8, 4) is 0 Å². The molecule has 0 radical (unpaired) electrons. The van der Waals surface area contributed by atoms with Crippen LogP contribution in [0, 0.1) is 17.8 Å². The smallest absolute Gasteiger partial charge is 0.307 e. The molecule has 1 atom stereocenters. The number of carboxylic acid groups (broad SMARTS) is 1. The van der Waals surface area contributed by atoms with E-state index in [1.807, 2.05) is 0 Å². The van der Waals surface area contributed by atoms with Crippen LogP contribution in [0.1, 0.15) is 65.7 Å². The molecule has 0 aliphatic heterocycles. The van der Waals surface area contributed by atoms with Crippen LogP contribution < -0.4 is 5.32 Å². The lowest BCUT2D eigenvalue weighted by Crippen LogP contribution is -2.38. The third-order valence-corrected chi connectivity index (χ3v) is 4.30. The lowest BCUT2D eigenvalue weighted by molar-refractivity contribution is -0.142. The van der Waals surface area contributed by atoms with Gasteiger partial charge < -0.3 is 10.4 Å². The highest BCUT2D eigenvalue weighted by Gasteiger charge is 2.23. The van der Waals surface area contributed by atoms with E-state index in [0.717, 1.165) is 12.3 Å². The molecule has 1 saturated carbocycles. The molecule has 1 rings (SSSR count). The zero-order valence-electron chi connectivity index (χ0n) is 12.8. The number of hydrogen-bond acceptors (Lipinski definition) is 2. The monoisotopic (exact) mass is 269 g/mol. The van der Waals surface area contributed by atoms with E-state index in [-0.39, 0.29) is 5.92 Å². The van der Waals surface area contributed by atoms with E-state index in [1.165, 1.54) is 38.5 Å². The van der Waals surface area contributed by atoms with E-state index in [4.69, 9.17) is 0 Å². The normalized spacial score (nSPS) is 25.5. The molecule has 3 nitrogen and oxygen atoms in total. The number of carbonyl (C=O) groups is 1. The van der Waals surface area contributed by atoms with E-state index in [1.54, 1.807) is 0 Å². The first-order valence-corrected chi connectivity index (χ1v) is 7.99. The molecular weight excluding hydrogens is 238 g/mol. The standard InChI is InChI=1S/C16H31NO2/c1-4-5-13-6-8-15(9-7-13)17-11-14(16(18)19)10-12(2)3/h12-15,17H,4-11H2,1-3H3,(H,18,19). The Hall–Kier alpha value is -0.570. The zero-order valence-corrected chi connectivity index (χ0v) is 12.8. The van der Waals surface area contributed by atoms with Gasteiger partial charge in [-0.05, 0) is 43.9 Å². The average Bonchev–Trinajstić information content (AvgIpc) is 2.36. The van der Waals surface area contributed by atoms with Crippen LogP contribution in [0.25, 0.3) is 0 Å². The van der Waals surface area contributed by atoms with Gasteiger partial charge in [-0.25, -0.2) is 0 Å². The van der Waals surface area contributed by atoms with E-state index in [0.29, 0.717) is 18.5 Å². The van der Waals surface area contributed by atoms with Crippen molar-refractivity contribution in [2.75, 3.05) is 6.54 Å². The quantitative estimate of drug-likeness (QED) is 0.706. The fourth-order valence-corrected chi connectivity index (χ4v) is 3.21. The van der Waals surface area contributed by atoms with Crippen LogP contribution in [0.4, 0.5) is 0 Å². The molecule has 0 bridgehead atoms. The fraction of sp³-hybridized carbons (Fsp3) is 0.938. The van der Waals surface area contributed by atoms with Crippen LogP contribution in [0.5, 0.6) is 0 Å². The molecule has 3 heteroatoms. The second-order valence-corrected chi connectivity index (χ2v) is 6.58. The van der Waals surface area contributed by atoms with Gasteiger partial charge in [0.05, 0.1) is 5.92 Å². The van der Waals surface area contributed by atoms with Crippen molar-refractivity contribution in [1.82, 2.24) is 5.32 Å². The van der Waals surface area contributed by atoms with E-state index in [2.05, 4.69) is 26.1 Å². The van der Waals surface area contributed by atoms with Crippen LogP contribution in [0.15, 0.2) is 0 Å². The fourth-order valence-electron chi connectivity index (χ4n) is 3.21. The van der Waals surface area contributed by atoms with Crippen molar-refractivity contribution in [1.29, 1.82) is 0 Å². The summed E-state index contributed by atoms with van der Waals surface area (Å²) in [6.07, 6.45) is 8.49. The highest BCUT2D eigenvalue weighted by atomic mass is 16.4. The van der Waals surface area contributed by atoms with Gasteiger partial charge in [0.1, 0.15) is 0 Å². The minimum Gasteiger partial charge on any atom is -0.481 e. The van der Waals surface area contributed by atoms with E-state index < -0.39 is 5.97 Å². The molecule has 1 unspecified atom stereocenters. The average molecular weight is 269 g/mol. The van der Waals surface area contributed by atoms with Gasteiger partial charge in [-0.3, -0.25) is 4.79 Å². The summed E-state index contributed by atoms with van der Waals surface area (Å²) in [4.78, 5) is 11.2. The van der Waals surface area contributed by atoms with Gasteiger partial charge in [0.2, 0.25) is 0 Å². The molecule has 112 valence electrons. The number of aliphatic carboxylic acids is 1. The Labute approximate surface area is 118 Å². The Morgan fingerprint density at radius 1 is 1.26 bits per heavy atom. The molecule has 1 aliphatic carbocycles. The van der Waals surface area contributed by atoms with Crippen LogP contribution in [-0.4, -0.2) is 23.7 Å². The summed E-state index contributed by atoms with van der Waals surface area (Å²) in [6.45, 7) is 7.07. The molecule has 0 aromatic rings. The second kappa shape index (κ2) is 8.57. The van der Waals surface area contributed by atoms with Crippen molar-refractivity contribution in [3.05, 3.63) is 0 Å². The predicted octanol–water partition coefficient (Wildman–Crippen LogP) is 3.68. The molecule has 0 saturated heterocycles. The molecule has 0 aromatic carbocycles. The second-order valence-electron chi connectivity index (χ2n) is 6.58. The number of nitrogens with one attached hydrogen (secondary N) is 1. The first-order chi connectivity index (χ1) is 9.02. The lowest BCUT2D eigenvalue weighted by atomic mass is 9.83. The molecule has 0 amide bonds. The Morgan fingerprint density at radius 3 is 2.37 bits per heavy atom. The molecule has 0 spiro atoms. The van der Waals surface area contributed by atoms with Crippen LogP contribution in [0.3, 0.4) is 0 Å². The summed E-state index contributed by atoms with van der Waals surface area (Å²) in [6, 6.07) is 0.544. The summed E-state index contributed by atoms with van der Waals surface area (Å²) in [5.41, 5.74) is 0. The van der Waals surface area contributed by atoms with Crippen LogP contribution in [0.2, 0.25) is 0 Å². The first-order valence-electron chi connectivity index (χ1n) is 7.99. The summed E-state index contributed by atoms with van der Waals surface area (Å²) in [5, 5.41) is 12.7. The van der Waals surface area contributed by atoms with Gasteiger partial charge in [-0.1, -0.05) is 33.6 Å². The Bertz CT molecular complexity index is 257. The number of hydrogen-bond donors (Lipinski definition) is 2. The highest BCUT2D eigenvalue weighted by Crippen LogP contribution is 2.27. The Kier molecular flexibility index (Phi) is 7.44. The third-order valence-electron chi connectivity index (χ3n) is 4.30. The van der Waals surface area contributed by atoms with Crippen molar-refractivity contribution in [2.45, 2.75) is 71.8 Å². The van der Waals surface area contributed by atoms with Gasteiger partial charge >= 0.3 is 5.97 Å². The molecule has 0 heterocycles. The predicted molar refractivity (Wildman–Crippen MR) is 79.2 cm³/mol. The summed E-state index contributed by atoms with van der Waals surface area (Å²) in [5.74, 6) is 0.478. The Balaban J connectivity index is 2.26. The van der Waals surface area contributed by atoms with E-state index >= 15 is 0 Å². The van der Waals surface area contributed by atoms with Crippen molar-refractivity contribution < 1.29 is 9.90 Å². The summed E-state index contributed by atoms with van der Waals surface area (Å²) >= 11 is 0. The number of rotatable bonds is 8. The largest absolute Gasteiger partial charge is 0.481 e. The number of carboxylic acids is 1. The van der Waals surface area contributed by atoms with Crippen LogP contribution in [-0.2, 0) is 4.79 Å². The van der Waals surface area contributed by atoms with Gasteiger partial charge in [0, 0.05) is 12.6 Å².